The number of nitrogens with zero attached hydrogens (tertiary/aromatic N) is 2. The summed E-state index contributed by atoms with van der Waals surface area (Å²) < 4.78 is 10.7. The Morgan fingerprint density at radius 2 is 1.63 bits per heavy atom. The predicted octanol–water partition coefficient (Wildman–Crippen LogP) is 2.36. The Kier molecular flexibility index (Phi) is 3.55. The van der Waals surface area contributed by atoms with E-state index in [1.54, 1.807) is 27.2 Å². The van der Waals surface area contributed by atoms with Crippen molar-refractivity contribution in [2.24, 2.45) is 0 Å². The van der Waals surface area contributed by atoms with Crippen LogP contribution in [0.3, 0.4) is 0 Å². The van der Waals surface area contributed by atoms with Crippen LogP contribution in [-0.4, -0.2) is 24.2 Å². The van der Waals surface area contributed by atoms with Gasteiger partial charge in [-0.25, -0.2) is 9.97 Å². The second-order valence-electron chi connectivity index (χ2n) is 4.25. The predicted molar refractivity (Wildman–Crippen MR) is 74.5 cm³/mol. The number of aryl methyl sites for hydroxylation is 2. The van der Waals surface area contributed by atoms with E-state index < -0.39 is 0 Å². The second kappa shape index (κ2) is 5.14. The molecule has 1 heterocycles. The zero-order valence-electron chi connectivity index (χ0n) is 11.5. The molecule has 0 amide bonds. The molecule has 2 N–H and O–H groups in total. The molecule has 0 atom stereocenters. The number of anilines is 1. The Hall–Kier alpha value is -2.30. The number of nitrogen functional groups attached to an aromatic ring is 1. The fraction of sp³-hybridized carbons (Fsp3) is 0.286. The van der Waals surface area contributed by atoms with Gasteiger partial charge in [-0.2, -0.15) is 0 Å². The normalized spacial score (nSPS) is 10.3. The van der Waals surface area contributed by atoms with Crippen molar-refractivity contribution < 1.29 is 9.47 Å². The molecule has 0 spiro atoms. The van der Waals surface area contributed by atoms with Gasteiger partial charge in [-0.1, -0.05) is 0 Å². The summed E-state index contributed by atoms with van der Waals surface area (Å²) in [6.07, 6.45) is 0. The number of rotatable bonds is 3. The fourth-order valence-electron chi connectivity index (χ4n) is 1.98. The highest BCUT2D eigenvalue weighted by atomic mass is 16.5. The lowest BCUT2D eigenvalue weighted by molar-refractivity contribution is 0.401. The third kappa shape index (κ3) is 2.59. The highest BCUT2D eigenvalue weighted by Gasteiger charge is 2.13. The lowest BCUT2D eigenvalue weighted by Crippen LogP contribution is -1.99. The molecule has 0 aliphatic carbocycles. The zero-order chi connectivity index (χ0) is 14.0. The molecule has 0 saturated heterocycles. The van der Waals surface area contributed by atoms with E-state index >= 15 is 0 Å². The monoisotopic (exact) mass is 259 g/mol. The van der Waals surface area contributed by atoms with Gasteiger partial charge >= 0.3 is 0 Å². The van der Waals surface area contributed by atoms with Gasteiger partial charge in [0.2, 0.25) is 0 Å². The summed E-state index contributed by atoms with van der Waals surface area (Å²) in [6.45, 7) is 3.77. The van der Waals surface area contributed by atoms with E-state index in [2.05, 4.69) is 9.97 Å². The van der Waals surface area contributed by atoms with Gasteiger partial charge in [0.15, 0.2) is 0 Å². The molecule has 0 aliphatic heterocycles. The summed E-state index contributed by atoms with van der Waals surface area (Å²) in [6, 6.07) is 5.54. The van der Waals surface area contributed by atoms with E-state index in [1.807, 2.05) is 19.1 Å². The molecular formula is C14H17N3O2. The van der Waals surface area contributed by atoms with Crippen molar-refractivity contribution in [3.63, 3.8) is 0 Å². The molecule has 19 heavy (non-hydrogen) atoms. The number of ether oxygens (including phenoxy) is 2. The first kappa shape index (κ1) is 13.1. The van der Waals surface area contributed by atoms with Crippen LogP contribution in [0.25, 0.3) is 11.3 Å². The minimum atomic E-state index is 0.434. The maximum absolute atomic E-state index is 5.77. The summed E-state index contributed by atoms with van der Waals surface area (Å²) in [5.41, 5.74) is 8.32. The molecule has 1 aromatic carbocycles. The minimum Gasteiger partial charge on any atom is -0.496 e. The summed E-state index contributed by atoms with van der Waals surface area (Å²) in [4.78, 5) is 8.46. The average Bonchev–Trinajstić information content (AvgIpc) is 2.37. The van der Waals surface area contributed by atoms with Crippen LogP contribution in [0.15, 0.2) is 18.2 Å². The van der Waals surface area contributed by atoms with E-state index in [9.17, 15) is 0 Å². The van der Waals surface area contributed by atoms with Gasteiger partial charge in [0.05, 0.1) is 19.9 Å². The molecule has 0 fully saturated rings. The highest BCUT2D eigenvalue weighted by Crippen LogP contribution is 2.35. The zero-order valence-corrected chi connectivity index (χ0v) is 11.5. The maximum Gasteiger partial charge on any atom is 0.128 e. The van der Waals surface area contributed by atoms with Gasteiger partial charge in [-0.15, -0.1) is 0 Å². The Balaban J connectivity index is 2.65. The van der Waals surface area contributed by atoms with Gasteiger partial charge in [-0.05, 0) is 31.5 Å². The van der Waals surface area contributed by atoms with E-state index in [0.717, 1.165) is 28.3 Å². The van der Waals surface area contributed by atoms with Crippen LogP contribution in [0.2, 0.25) is 0 Å². The standard InChI is InChI=1S/C14H17N3O2/c1-8-5-13(19-4)10(6-12(8)18-3)11-7-14(15)17-9(2)16-11/h5-7H,1-4H3,(H2,15,16,17). The van der Waals surface area contributed by atoms with Crippen molar-refractivity contribution >= 4 is 5.82 Å². The third-order valence-electron chi connectivity index (χ3n) is 2.85. The minimum absolute atomic E-state index is 0.434. The first-order valence-corrected chi connectivity index (χ1v) is 5.89. The number of hydrogen-bond acceptors (Lipinski definition) is 5. The van der Waals surface area contributed by atoms with E-state index in [4.69, 9.17) is 15.2 Å². The lowest BCUT2D eigenvalue weighted by atomic mass is 10.1. The first-order chi connectivity index (χ1) is 9.05. The lowest BCUT2D eigenvalue weighted by Gasteiger charge is -2.13. The Labute approximate surface area is 112 Å². The molecule has 100 valence electrons. The molecule has 5 nitrogen and oxygen atoms in total. The Morgan fingerprint density at radius 1 is 0.947 bits per heavy atom. The molecule has 0 bridgehead atoms. The van der Waals surface area contributed by atoms with Gasteiger partial charge in [0, 0.05) is 11.6 Å². The van der Waals surface area contributed by atoms with Gasteiger partial charge in [0.1, 0.15) is 23.1 Å². The Morgan fingerprint density at radius 3 is 2.21 bits per heavy atom. The molecule has 0 saturated carbocycles. The quantitative estimate of drug-likeness (QED) is 0.916. The van der Waals surface area contributed by atoms with Crippen molar-refractivity contribution in [3.05, 3.63) is 29.6 Å². The Bertz CT molecular complexity index is 592. The SMILES string of the molecule is COc1cc(-c2cc(N)nc(C)n2)c(OC)cc1C. The molecule has 2 rings (SSSR count). The number of nitrogens with two attached hydrogens (primary N) is 1. The maximum atomic E-state index is 5.77. The van der Waals surface area contributed by atoms with Crippen LogP contribution in [0.4, 0.5) is 5.82 Å². The summed E-state index contributed by atoms with van der Waals surface area (Å²) in [5.74, 6) is 2.57. The van der Waals surface area contributed by atoms with Gasteiger partial charge in [-0.3, -0.25) is 0 Å². The molecule has 0 radical (unpaired) electrons. The highest BCUT2D eigenvalue weighted by molar-refractivity contribution is 5.71. The second-order valence-corrected chi connectivity index (χ2v) is 4.25. The number of hydrogen-bond donors (Lipinski definition) is 1. The third-order valence-corrected chi connectivity index (χ3v) is 2.85. The first-order valence-electron chi connectivity index (χ1n) is 5.89. The van der Waals surface area contributed by atoms with Gasteiger partial charge < -0.3 is 15.2 Å². The van der Waals surface area contributed by atoms with Crippen LogP contribution in [-0.2, 0) is 0 Å². The van der Waals surface area contributed by atoms with Crippen LogP contribution >= 0.6 is 0 Å². The summed E-state index contributed by atoms with van der Waals surface area (Å²) in [7, 11) is 3.26. The van der Waals surface area contributed by atoms with Gasteiger partial charge in [0.25, 0.3) is 0 Å². The summed E-state index contributed by atoms with van der Waals surface area (Å²) in [5, 5.41) is 0. The molecule has 2 aromatic rings. The molecule has 0 unspecified atom stereocenters. The molecular weight excluding hydrogens is 242 g/mol. The molecule has 1 aromatic heterocycles. The number of methoxy groups -OCH3 is 2. The number of aromatic nitrogens is 2. The number of benzene rings is 1. The van der Waals surface area contributed by atoms with Crippen molar-refractivity contribution in [1.29, 1.82) is 0 Å². The topological polar surface area (TPSA) is 70.3 Å². The van der Waals surface area contributed by atoms with E-state index in [-0.39, 0.29) is 0 Å². The fourth-order valence-corrected chi connectivity index (χ4v) is 1.98. The van der Waals surface area contributed by atoms with E-state index in [1.165, 1.54) is 0 Å². The van der Waals surface area contributed by atoms with Crippen LogP contribution in [0, 0.1) is 13.8 Å². The van der Waals surface area contributed by atoms with E-state index in [0.29, 0.717) is 11.6 Å². The van der Waals surface area contributed by atoms with Crippen molar-refractivity contribution in [1.82, 2.24) is 9.97 Å². The van der Waals surface area contributed by atoms with Crippen molar-refractivity contribution in [3.8, 4) is 22.8 Å². The van der Waals surface area contributed by atoms with Crippen molar-refractivity contribution in [2.45, 2.75) is 13.8 Å². The van der Waals surface area contributed by atoms with Crippen LogP contribution in [0.1, 0.15) is 11.4 Å². The molecule has 0 aliphatic rings. The molecule has 5 heteroatoms. The summed E-state index contributed by atoms with van der Waals surface area (Å²) >= 11 is 0. The smallest absolute Gasteiger partial charge is 0.128 e. The largest absolute Gasteiger partial charge is 0.496 e. The van der Waals surface area contributed by atoms with Crippen LogP contribution in [0.5, 0.6) is 11.5 Å². The average molecular weight is 259 g/mol. The van der Waals surface area contributed by atoms with Crippen molar-refractivity contribution in [2.75, 3.05) is 20.0 Å². The van der Waals surface area contributed by atoms with Crippen LogP contribution < -0.4 is 15.2 Å².